The summed E-state index contributed by atoms with van der Waals surface area (Å²) in [6, 6.07) is 10.1. The van der Waals surface area contributed by atoms with Gasteiger partial charge in [-0.1, -0.05) is 18.2 Å². The third kappa shape index (κ3) is 3.76. The number of sulfonamides is 1. The van der Waals surface area contributed by atoms with Gasteiger partial charge in [-0.05, 0) is 62.6 Å². The monoisotopic (exact) mass is 346 g/mol. The number of rotatable bonds is 5. The van der Waals surface area contributed by atoms with Crippen LogP contribution in [-0.4, -0.2) is 20.9 Å². The van der Waals surface area contributed by atoms with E-state index in [-0.39, 0.29) is 10.8 Å². The van der Waals surface area contributed by atoms with Crippen molar-refractivity contribution in [2.45, 2.75) is 32.6 Å². The van der Waals surface area contributed by atoms with Gasteiger partial charge in [0.15, 0.2) is 0 Å². The smallest absolute Gasteiger partial charge is 0.262 e. The fraction of sp³-hybridized carbons (Fsp3) is 0.278. The number of hydrogen-bond donors (Lipinski definition) is 2. The Morgan fingerprint density at radius 2 is 1.75 bits per heavy atom. The Kier molecular flexibility index (Phi) is 5.29. The number of carbonyl (C=O) groups excluding carboxylic acids is 1. The van der Waals surface area contributed by atoms with E-state index in [0.29, 0.717) is 23.4 Å². The van der Waals surface area contributed by atoms with E-state index in [4.69, 9.17) is 0 Å². The second-order valence-corrected chi connectivity index (χ2v) is 7.34. The summed E-state index contributed by atoms with van der Waals surface area (Å²) in [4.78, 5) is 12.1. The fourth-order valence-corrected chi connectivity index (χ4v) is 3.75. The fourth-order valence-electron chi connectivity index (χ4n) is 2.35. The molecule has 0 aromatic heterocycles. The predicted octanol–water partition coefficient (Wildman–Crippen LogP) is 3.16. The Balaban J connectivity index is 2.43. The lowest BCUT2D eigenvalue weighted by molar-refractivity contribution is 0.0955. The molecule has 24 heavy (non-hydrogen) atoms. The highest BCUT2D eigenvalue weighted by atomic mass is 32.2. The molecule has 0 aliphatic rings. The number of amides is 1. The first-order valence-corrected chi connectivity index (χ1v) is 9.22. The lowest BCUT2D eigenvalue weighted by Gasteiger charge is -2.14. The standard InChI is InChI=1S/C18H22N2O3S/c1-5-19-18(21)15-10-9-13(3)17(11-15)24(22,23)20-16-8-6-7-12(2)14(16)4/h6-11,20H,5H2,1-4H3,(H,19,21). The van der Waals surface area contributed by atoms with Crippen LogP contribution in [0, 0.1) is 20.8 Å². The van der Waals surface area contributed by atoms with Crippen molar-refractivity contribution in [1.29, 1.82) is 0 Å². The van der Waals surface area contributed by atoms with E-state index in [2.05, 4.69) is 10.0 Å². The molecule has 0 aliphatic carbocycles. The van der Waals surface area contributed by atoms with Crippen LogP contribution in [0.2, 0.25) is 0 Å². The highest BCUT2D eigenvalue weighted by molar-refractivity contribution is 7.92. The molecule has 0 unspecified atom stereocenters. The van der Waals surface area contributed by atoms with Crippen molar-refractivity contribution in [3.05, 3.63) is 58.7 Å². The SMILES string of the molecule is CCNC(=O)c1ccc(C)c(S(=O)(=O)Nc2cccc(C)c2C)c1. The van der Waals surface area contributed by atoms with Crippen LogP contribution < -0.4 is 10.0 Å². The molecule has 0 saturated heterocycles. The van der Waals surface area contributed by atoms with Crippen molar-refractivity contribution in [2.75, 3.05) is 11.3 Å². The highest BCUT2D eigenvalue weighted by Crippen LogP contribution is 2.24. The van der Waals surface area contributed by atoms with Gasteiger partial charge in [0.25, 0.3) is 15.9 Å². The first kappa shape index (κ1) is 18.0. The summed E-state index contributed by atoms with van der Waals surface area (Å²) < 4.78 is 28.2. The quantitative estimate of drug-likeness (QED) is 0.873. The maximum atomic E-state index is 12.8. The number of carbonyl (C=O) groups is 1. The van der Waals surface area contributed by atoms with E-state index in [0.717, 1.165) is 11.1 Å². The van der Waals surface area contributed by atoms with Crippen molar-refractivity contribution < 1.29 is 13.2 Å². The van der Waals surface area contributed by atoms with E-state index in [9.17, 15) is 13.2 Å². The van der Waals surface area contributed by atoms with Crippen LogP contribution in [0.5, 0.6) is 0 Å². The molecule has 0 saturated carbocycles. The third-order valence-corrected chi connectivity index (χ3v) is 5.43. The molecule has 0 atom stereocenters. The summed E-state index contributed by atoms with van der Waals surface area (Å²) in [7, 11) is -3.78. The minimum Gasteiger partial charge on any atom is -0.352 e. The summed E-state index contributed by atoms with van der Waals surface area (Å²) in [5.41, 5.74) is 3.32. The Hall–Kier alpha value is -2.34. The normalized spacial score (nSPS) is 11.2. The summed E-state index contributed by atoms with van der Waals surface area (Å²) in [6.45, 7) is 7.79. The van der Waals surface area contributed by atoms with Gasteiger partial charge >= 0.3 is 0 Å². The zero-order valence-electron chi connectivity index (χ0n) is 14.3. The van der Waals surface area contributed by atoms with Crippen molar-refractivity contribution in [3.8, 4) is 0 Å². The second kappa shape index (κ2) is 7.05. The van der Waals surface area contributed by atoms with Crippen LogP contribution in [-0.2, 0) is 10.0 Å². The topological polar surface area (TPSA) is 75.3 Å². The zero-order valence-corrected chi connectivity index (χ0v) is 15.1. The van der Waals surface area contributed by atoms with Gasteiger partial charge < -0.3 is 5.32 Å². The molecule has 0 heterocycles. The van der Waals surface area contributed by atoms with Crippen molar-refractivity contribution in [1.82, 2.24) is 5.32 Å². The summed E-state index contributed by atoms with van der Waals surface area (Å²) in [6.07, 6.45) is 0. The van der Waals surface area contributed by atoms with Gasteiger partial charge in [-0.3, -0.25) is 9.52 Å². The summed E-state index contributed by atoms with van der Waals surface area (Å²) >= 11 is 0. The number of hydrogen-bond acceptors (Lipinski definition) is 3. The van der Waals surface area contributed by atoms with Crippen LogP contribution in [0.3, 0.4) is 0 Å². The Bertz CT molecular complexity index is 874. The van der Waals surface area contributed by atoms with Crippen molar-refractivity contribution in [2.24, 2.45) is 0 Å². The Morgan fingerprint density at radius 3 is 2.42 bits per heavy atom. The van der Waals surface area contributed by atoms with Gasteiger partial charge in [-0.25, -0.2) is 8.42 Å². The lowest BCUT2D eigenvalue weighted by atomic mass is 10.1. The maximum Gasteiger partial charge on any atom is 0.262 e. The van der Waals surface area contributed by atoms with E-state index in [1.165, 1.54) is 6.07 Å². The maximum absolute atomic E-state index is 12.8. The van der Waals surface area contributed by atoms with Crippen LogP contribution in [0.25, 0.3) is 0 Å². The van der Waals surface area contributed by atoms with Crippen LogP contribution in [0.15, 0.2) is 41.3 Å². The molecule has 2 N–H and O–H groups in total. The molecule has 6 heteroatoms. The minimum atomic E-state index is -3.78. The molecule has 0 bridgehead atoms. The number of nitrogens with one attached hydrogen (secondary N) is 2. The molecule has 1 amide bonds. The Morgan fingerprint density at radius 1 is 1.04 bits per heavy atom. The first-order chi connectivity index (χ1) is 11.3. The molecule has 2 rings (SSSR count). The van der Waals surface area contributed by atoms with Gasteiger partial charge in [0, 0.05) is 12.1 Å². The average molecular weight is 346 g/mol. The van der Waals surface area contributed by atoms with Gasteiger partial charge in [0.2, 0.25) is 0 Å². The molecule has 5 nitrogen and oxygen atoms in total. The molecule has 0 spiro atoms. The first-order valence-electron chi connectivity index (χ1n) is 7.74. The third-order valence-electron chi connectivity index (χ3n) is 3.93. The lowest BCUT2D eigenvalue weighted by Crippen LogP contribution is -2.23. The summed E-state index contributed by atoms with van der Waals surface area (Å²) in [5, 5.41) is 2.67. The molecule has 2 aromatic rings. The summed E-state index contributed by atoms with van der Waals surface area (Å²) in [5.74, 6) is -0.291. The second-order valence-electron chi connectivity index (χ2n) is 5.69. The van der Waals surface area contributed by atoms with Crippen molar-refractivity contribution >= 4 is 21.6 Å². The van der Waals surface area contributed by atoms with Crippen LogP contribution in [0.1, 0.15) is 34.0 Å². The van der Waals surface area contributed by atoms with E-state index in [1.807, 2.05) is 26.8 Å². The zero-order chi connectivity index (χ0) is 17.9. The van der Waals surface area contributed by atoms with Gasteiger partial charge in [-0.15, -0.1) is 0 Å². The number of benzene rings is 2. The molecule has 0 aliphatic heterocycles. The number of aryl methyl sites for hydroxylation is 2. The molecule has 2 aromatic carbocycles. The molecular formula is C18H22N2O3S. The highest BCUT2D eigenvalue weighted by Gasteiger charge is 2.20. The van der Waals surface area contributed by atoms with Crippen molar-refractivity contribution in [3.63, 3.8) is 0 Å². The van der Waals surface area contributed by atoms with E-state index >= 15 is 0 Å². The molecule has 0 fully saturated rings. The largest absolute Gasteiger partial charge is 0.352 e. The predicted molar refractivity (Wildman–Crippen MR) is 95.9 cm³/mol. The molecule has 128 valence electrons. The van der Waals surface area contributed by atoms with Crippen LogP contribution in [0.4, 0.5) is 5.69 Å². The van der Waals surface area contributed by atoms with Gasteiger partial charge in [-0.2, -0.15) is 0 Å². The number of anilines is 1. The van der Waals surface area contributed by atoms with Gasteiger partial charge in [0.1, 0.15) is 0 Å². The molecular weight excluding hydrogens is 324 g/mol. The molecule has 0 radical (unpaired) electrons. The van der Waals surface area contributed by atoms with E-state index < -0.39 is 10.0 Å². The van der Waals surface area contributed by atoms with E-state index in [1.54, 1.807) is 31.2 Å². The van der Waals surface area contributed by atoms with Crippen LogP contribution >= 0.6 is 0 Å². The average Bonchev–Trinajstić information content (AvgIpc) is 2.52. The Labute approximate surface area is 143 Å². The van der Waals surface area contributed by atoms with Gasteiger partial charge in [0.05, 0.1) is 10.6 Å². The minimum absolute atomic E-state index is 0.104.